The van der Waals surface area contributed by atoms with Crippen molar-refractivity contribution in [2.75, 3.05) is 6.54 Å². The third kappa shape index (κ3) is 3.08. The van der Waals surface area contributed by atoms with Crippen LogP contribution >= 0.6 is 0 Å². The summed E-state index contributed by atoms with van der Waals surface area (Å²) in [5, 5.41) is 6.79. The normalized spacial score (nSPS) is 13.1. The fourth-order valence-electron chi connectivity index (χ4n) is 3.54. The molecule has 1 aromatic carbocycles. The maximum atomic E-state index is 4.68. The number of hydrazone groups is 1. The van der Waals surface area contributed by atoms with Crippen molar-refractivity contribution in [2.45, 2.75) is 13.0 Å². The van der Waals surface area contributed by atoms with Crippen LogP contribution in [-0.2, 0) is 13.0 Å². The van der Waals surface area contributed by atoms with Gasteiger partial charge < -0.3 is 4.40 Å². The third-order valence-corrected chi connectivity index (χ3v) is 4.91. The number of pyridine rings is 2. The van der Waals surface area contributed by atoms with E-state index in [0.29, 0.717) is 0 Å². The molecule has 4 aromatic rings. The molecule has 0 fully saturated rings. The summed E-state index contributed by atoms with van der Waals surface area (Å²) in [4.78, 5) is 8.91. The predicted molar refractivity (Wildman–Crippen MR) is 107 cm³/mol. The van der Waals surface area contributed by atoms with Gasteiger partial charge in [0, 0.05) is 48.9 Å². The van der Waals surface area contributed by atoms with Crippen LogP contribution in [0.3, 0.4) is 0 Å². The minimum Gasteiger partial charge on any atom is -0.307 e. The van der Waals surface area contributed by atoms with E-state index in [2.05, 4.69) is 54.9 Å². The number of nitrogens with zero attached hydrogens (tertiary/aromatic N) is 5. The van der Waals surface area contributed by atoms with Crippen molar-refractivity contribution in [2.24, 2.45) is 5.10 Å². The minimum absolute atomic E-state index is 0.813. The Labute approximate surface area is 157 Å². The highest BCUT2D eigenvalue weighted by Crippen LogP contribution is 2.27. The van der Waals surface area contributed by atoms with Gasteiger partial charge in [-0.15, -0.1) is 0 Å². The standard InChI is InChI=1S/C22H19N5/c1-2-11-26-16-19(25-22(26)8-1)9-12-27-15-18-5-3-7-20(21(18)14-24-27)17-6-4-10-23-13-17/h1-8,10-11,13-14,16H,9,12,15H2. The second kappa shape index (κ2) is 6.68. The van der Waals surface area contributed by atoms with Crippen LogP contribution in [0.5, 0.6) is 0 Å². The van der Waals surface area contributed by atoms with Crippen molar-refractivity contribution < 1.29 is 0 Å². The highest BCUT2D eigenvalue weighted by molar-refractivity contribution is 5.92. The molecule has 0 saturated heterocycles. The number of fused-ring (bicyclic) bond motifs is 2. The molecule has 132 valence electrons. The lowest BCUT2D eigenvalue weighted by atomic mass is 9.96. The van der Waals surface area contributed by atoms with Crippen molar-refractivity contribution in [1.82, 2.24) is 19.4 Å². The van der Waals surface area contributed by atoms with Gasteiger partial charge in [-0.05, 0) is 29.3 Å². The number of imidazole rings is 1. The molecule has 5 nitrogen and oxygen atoms in total. The lowest BCUT2D eigenvalue weighted by Crippen LogP contribution is -2.24. The average Bonchev–Trinajstić information content (AvgIpc) is 3.15. The van der Waals surface area contributed by atoms with Gasteiger partial charge in [0.2, 0.25) is 0 Å². The summed E-state index contributed by atoms with van der Waals surface area (Å²) in [6.07, 6.45) is 10.7. The summed E-state index contributed by atoms with van der Waals surface area (Å²) >= 11 is 0. The second-order valence-corrected chi connectivity index (χ2v) is 6.70. The Morgan fingerprint density at radius 1 is 1.00 bits per heavy atom. The van der Waals surface area contributed by atoms with E-state index in [9.17, 15) is 0 Å². The van der Waals surface area contributed by atoms with Crippen LogP contribution in [0.2, 0.25) is 0 Å². The molecule has 0 atom stereocenters. The van der Waals surface area contributed by atoms with E-state index < -0.39 is 0 Å². The summed E-state index contributed by atoms with van der Waals surface area (Å²) in [5.41, 5.74) is 6.87. The lowest BCUT2D eigenvalue weighted by Gasteiger charge is -2.25. The SMILES string of the molecule is C1=NN(CCc2cn3ccccc3n2)Cc2cccc(-c3cccnc3)c21. The van der Waals surface area contributed by atoms with Crippen LogP contribution in [0, 0.1) is 0 Å². The van der Waals surface area contributed by atoms with Crippen LogP contribution in [0.4, 0.5) is 0 Å². The van der Waals surface area contributed by atoms with Crippen molar-refractivity contribution in [3.05, 3.63) is 90.1 Å². The molecule has 0 unspecified atom stereocenters. The highest BCUT2D eigenvalue weighted by atomic mass is 15.4. The number of benzene rings is 1. The monoisotopic (exact) mass is 353 g/mol. The fourth-order valence-corrected chi connectivity index (χ4v) is 3.54. The van der Waals surface area contributed by atoms with Gasteiger partial charge in [-0.2, -0.15) is 5.10 Å². The first-order valence-electron chi connectivity index (χ1n) is 9.11. The van der Waals surface area contributed by atoms with E-state index >= 15 is 0 Å². The summed E-state index contributed by atoms with van der Waals surface area (Å²) in [6.45, 7) is 1.66. The summed E-state index contributed by atoms with van der Waals surface area (Å²) in [6, 6.07) is 16.5. The molecular weight excluding hydrogens is 334 g/mol. The molecule has 27 heavy (non-hydrogen) atoms. The van der Waals surface area contributed by atoms with E-state index in [1.165, 1.54) is 16.7 Å². The Morgan fingerprint density at radius 2 is 2.00 bits per heavy atom. The van der Waals surface area contributed by atoms with Gasteiger partial charge in [0.05, 0.1) is 18.5 Å². The molecule has 4 heterocycles. The van der Waals surface area contributed by atoms with Crippen molar-refractivity contribution in [3.63, 3.8) is 0 Å². The maximum Gasteiger partial charge on any atom is 0.136 e. The Kier molecular flexibility index (Phi) is 3.90. The van der Waals surface area contributed by atoms with Crippen LogP contribution < -0.4 is 0 Å². The second-order valence-electron chi connectivity index (χ2n) is 6.70. The van der Waals surface area contributed by atoms with E-state index in [4.69, 9.17) is 0 Å². The first-order chi connectivity index (χ1) is 13.4. The summed E-state index contributed by atoms with van der Waals surface area (Å²) < 4.78 is 2.06. The molecule has 0 bridgehead atoms. The molecule has 0 spiro atoms. The summed E-state index contributed by atoms with van der Waals surface area (Å²) in [5.74, 6) is 0. The highest BCUT2D eigenvalue weighted by Gasteiger charge is 2.16. The van der Waals surface area contributed by atoms with Crippen molar-refractivity contribution in [1.29, 1.82) is 0 Å². The van der Waals surface area contributed by atoms with Crippen molar-refractivity contribution in [3.8, 4) is 11.1 Å². The zero-order valence-electron chi connectivity index (χ0n) is 14.9. The zero-order valence-corrected chi connectivity index (χ0v) is 14.9. The molecule has 0 N–H and O–H groups in total. The molecule has 0 amide bonds. The molecule has 0 saturated carbocycles. The quantitative estimate of drug-likeness (QED) is 0.561. The van der Waals surface area contributed by atoms with E-state index in [1.807, 2.05) is 42.9 Å². The van der Waals surface area contributed by atoms with Crippen LogP contribution in [-0.4, -0.2) is 32.1 Å². The molecule has 1 aliphatic heterocycles. The van der Waals surface area contributed by atoms with Gasteiger partial charge in [0.25, 0.3) is 0 Å². The molecule has 3 aromatic heterocycles. The molecular formula is C22H19N5. The fraction of sp³-hybridized carbons (Fsp3) is 0.136. The lowest BCUT2D eigenvalue weighted by molar-refractivity contribution is 0.280. The molecule has 0 radical (unpaired) electrons. The summed E-state index contributed by atoms with van der Waals surface area (Å²) in [7, 11) is 0. The number of rotatable bonds is 4. The van der Waals surface area contributed by atoms with Crippen LogP contribution in [0.25, 0.3) is 16.8 Å². The zero-order chi connectivity index (χ0) is 18.1. The maximum absolute atomic E-state index is 4.68. The smallest absolute Gasteiger partial charge is 0.136 e. The van der Waals surface area contributed by atoms with Gasteiger partial charge in [0.15, 0.2) is 0 Å². The minimum atomic E-state index is 0.813. The number of aromatic nitrogens is 3. The van der Waals surface area contributed by atoms with Gasteiger partial charge in [-0.3, -0.25) is 9.99 Å². The van der Waals surface area contributed by atoms with Gasteiger partial charge >= 0.3 is 0 Å². The Balaban J connectivity index is 1.34. The Bertz CT molecular complexity index is 1080. The largest absolute Gasteiger partial charge is 0.307 e. The van der Waals surface area contributed by atoms with E-state index in [-0.39, 0.29) is 0 Å². The van der Waals surface area contributed by atoms with Gasteiger partial charge in [0.1, 0.15) is 5.65 Å². The molecule has 0 aliphatic carbocycles. The van der Waals surface area contributed by atoms with Crippen LogP contribution in [0.1, 0.15) is 16.8 Å². The topological polar surface area (TPSA) is 45.8 Å². The number of hydrogen-bond acceptors (Lipinski definition) is 4. The third-order valence-electron chi connectivity index (χ3n) is 4.91. The molecule has 5 heteroatoms. The van der Waals surface area contributed by atoms with E-state index in [0.717, 1.165) is 36.4 Å². The van der Waals surface area contributed by atoms with Crippen LogP contribution in [0.15, 0.2) is 78.4 Å². The average molecular weight is 353 g/mol. The first-order valence-corrected chi connectivity index (χ1v) is 9.11. The number of hydrogen-bond donors (Lipinski definition) is 0. The van der Waals surface area contributed by atoms with Crippen molar-refractivity contribution >= 4 is 11.9 Å². The first kappa shape index (κ1) is 15.8. The molecule has 1 aliphatic rings. The van der Waals surface area contributed by atoms with Gasteiger partial charge in [-0.25, -0.2) is 4.98 Å². The Morgan fingerprint density at radius 3 is 2.89 bits per heavy atom. The molecule has 5 rings (SSSR count). The van der Waals surface area contributed by atoms with E-state index in [1.54, 1.807) is 6.20 Å². The Hall–Kier alpha value is -3.47. The van der Waals surface area contributed by atoms with Gasteiger partial charge in [-0.1, -0.05) is 30.3 Å². The predicted octanol–water partition coefficient (Wildman–Crippen LogP) is 3.79.